The van der Waals surface area contributed by atoms with E-state index in [-0.39, 0.29) is 10.9 Å². The molecule has 0 bridgehead atoms. The maximum Gasteiger partial charge on any atom is 0.573 e. The summed E-state index contributed by atoms with van der Waals surface area (Å²) in [6.07, 6.45) is -4.74. The summed E-state index contributed by atoms with van der Waals surface area (Å²) >= 11 is 5.09. The molecule has 0 saturated carbocycles. The van der Waals surface area contributed by atoms with Crippen LogP contribution >= 0.6 is 12.2 Å². The molecule has 0 aromatic heterocycles. The maximum atomic E-state index is 13.2. The predicted molar refractivity (Wildman–Crippen MR) is 84.1 cm³/mol. The number of thiocarbonyl (C=S) groups is 1. The zero-order chi connectivity index (χ0) is 17.0. The van der Waals surface area contributed by atoms with E-state index in [1.807, 2.05) is 0 Å². The van der Waals surface area contributed by atoms with Crippen molar-refractivity contribution in [3.8, 4) is 5.75 Å². The van der Waals surface area contributed by atoms with E-state index >= 15 is 0 Å². The molecule has 2 N–H and O–H groups in total. The fourth-order valence-electron chi connectivity index (χ4n) is 1.75. The molecule has 0 aliphatic rings. The number of aryl methyl sites for hydroxylation is 1. The van der Waals surface area contributed by atoms with Gasteiger partial charge in [0, 0.05) is 11.4 Å². The van der Waals surface area contributed by atoms with Gasteiger partial charge in [-0.2, -0.15) is 0 Å². The highest BCUT2D eigenvalue weighted by Crippen LogP contribution is 2.24. The molecule has 122 valence electrons. The van der Waals surface area contributed by atoms with Crippen LogP contribution in [-0.4, -0.2) is 11.5 Å². The Hall–Kier alpha value is -2.35. The first-order chi connectivity index (χ1) is 10.7. The number of benzene rings is 2. The van der Waals surface area contributed by atoms with E-state index in [0.29, 0.717) is 11.4 Å². The second-order valence-corrected chi connectivity index (χ2v) is 5.02. The Bertz CT molecular complexity index is 702. The molecule has 0 radical (unpaired) electrons. The highest BCUT2D eigenvalue weighted by Gasteiger charge is 2.30. The van der Waals surface area contributed by atoms with E-state index in [1.165, 1.54) is 24.3 Å². The molecular weight excluding hydrogens is 332 g/mol. The van der Waals surface area contributed by atoms with E-state index in [9.17, 15) is 17.6 Å². The summed E-state index contributed by atoms with van der Waals surface area (Å²) in [5.41, 5.74) is 1.76. The van der Waals surface area contributed by atoms with Crippen molar-refractivity contribution in [2.75, 3.05) is 10.6 Å². The Morgan fingerprint density at radius 3 is 2.30 bits per heavy atom. The quantitative estimate of drug-likeness (QED) is 0.616. The van der Waals surface area contributed by atoms with Crippen molar-refractivity contribution in [2.24, 2.45) is 0 Å². The standard InChI is InChI=1S/C15H12F4N2OS/c1-9-2-3-10(16)8-13(9)21-14(23)20-11-4-6-12(7-5-11)22-15(17,18)19/h2-8H,1H3,(H2,20,21,23). The average molecular weight is 344 g/mol. The van der Waals surface area contributed by atoms with Gasteiger partial charge in [0.15, 0.2) is 5.11 Å². The third kappa shape index (κ3) is 5.41. The van der Waals surface area contributed by atoms with Gasteiger partial charge in [0.1, 0.15) is 11.6 Å². The summed E-state index contributed by atoms with van der Waals surface area (Å²) in [4.78, 5) is 0. The van der Waals surface area contributed by atoms with Crippen LogP contribution in [0, 0.1) is 12.7 Å². The third-order valence-corrected chi connectivity index (χ3v) is 3.00. The van der Waals surface area contributed by atoms with Crippen LogP contribution in [0.5, 0.6) is 5.75 Å². The minimum absolute atomic E-state index is 0.184. The zero-order valence-electron chi connectivity index (χ0n) is 11.9. The van der Waals surface area contributed by atoms with Crippen LogP contribution in [0.1, 0.15) is 5.56 Å². The van der Waals surface area contributed by atoms with Crippen molar-refractivity contribution in [3.05, 3.63) is 53.8 Å². The summed E-state index contributed by atoms with van der Waals surface area (Å²) in [7, 11) is 0. The van der Waals surface area contributed by atoms with Crippen LogP contribution in [0.2, 0.25) is 0 Å². The van der Waals surface area contributed by atoms with Crippen LogP contribution in [0.15, 0.2) is 42.5 Å². The number of alkyl halides is 3. The van der Waals surface area contributed by atoms with Crippen molar-refractivity contribution < 1.29 is 22.3 Å². The van der Waals surface area contributed by atoms with Gasteiger partial charge in [-0.15, -0.1) is 13.2 Å². The van der Waals surface area contributed by atoms with Gasteiger partial charge in [-0.05, 0) is 61.1 Å². The lowest BCUT2D eigenvalue weighted by atomic mass is 10.2. The molecule has 0 atom stereocenters. The second kappa shape index (κ2) is 6.82. The molecule has 0 unspecified atom stereocenters. The molecule has 0 amide bonds. The average Bonchev–Trinajstić information content (AvgIpc) is 2.43. The lowest BCUT2D eigenvalue weighted by Crippen LogP contribution is -2.20. The molecule has 0 aliphatic carbocycles. The maximum absolute atomic E-state index is 13.2. The van der Waals surface area contributed by atoms with Gasteiger partial charge >= 0.3 is 6.36 Å². The minimum atomic E-state index is -4.74. The number of ether oxygens (including phenoxy) is 1. The third-order valence-electron chi connectivity index (χ3n) is 2.79. The summed E-state index contributed by atoms with van der Waals surface area (Å²) in [6, 6.07) is 9.31. The van der Waals surface area contributed by atoms with Gasteiger partial charge < -0.3 is 15.4 Å². The van der Waals surface area contributed by atoms with Crippen LogP contribution in [0.25, 0.3) is 0 Å². The van der Waals surface area contributed by atoms with Crippen molar-refractivity contribution in [1.29, 1.82) is 0 Å². The van der Waals surface area contributed by atoms with Gasteiger partial charge in [0.05, 0.1) is 0 Å². The minimum Gasteiger partial charge on any atom is -0.406 e. The van der Waals surface area contributed by atoms with Crippen LogP contribution in [-0.2, 0) is 0 Å². The number of hydrogen-bond acceptors (Lipinski definition) is 2. The monoisotopic (exact) mass is 344 g/mol. The van der Waals surface area contributed by atoms with Crippen molar-refractivity contribution in [3.63, 3.8) is 0 Å². The van der Waals surface area contributed by atoms with Crippen molar-refractivity contribution in [1.82, 2.24) is 0 Å². The first-order valence-electron chi connectivity index (χ1n) is 6.43. The molecule has 2 aromatic carbocycles. The zero-order valence-corrected chi connectivity index (χ0v) is 12.7. The Kier molecular flexibility index (Phi) is 5.05. The Balaban J connectivity index is 1.99. The number of halogens is 4. The molecule has 0 aliphatic heterocycles. The van der Waals surface area contributed by atoms with Crippen LogP contribution in [0.3, 0.4) is 0 Å². The van der Waals surface area contributed by atoms with Gasteiger partial charge in [0.25, 0.3) is 0 Å². The second-order valence-electron chi connectivity index (χ2n) is 4.61. The van der Waals surface area contributed by atoms with Gasteiger partial charge in [0.2, 0.25) is 0 Å². The lowest BCUT2D eigenvalue weighted by molar-refractivity contribution is -0.274. The molecule has 8 heteroatoms. The van der Waals surface area contributed by atoms with E-state index in [2.05, 4.69) is 15.4 Å². The van der Waals surface area contributed by atoms with Crippen LogP contribution in [0.4, 0.5) is 28.9 Å². The Labute approximate surface area is 135 Å². The molecule has 0 saturated heterocycles. The normalized spacial score (nSPS) is 11.0. The first kappa shape index (κ1) is 17.0. The first-order valence-corrected chi connectivity index (χ1v) is 6.84. The van der Waals surface area contributed by atoms with E-state index in [0.717, 1.165) is 17.7 Å². The molecule has 3 nitrogen and oxygen atoms in total. The Morgan fingerprint density at radius 1 is 1.04 bits per heavy atom. The van der Waals surface area contributed by atoms with E-state index in [1.54, 1.807) is 13.0 Å². The molecule has 0 spiro atoms. The largest absolute Gasteiger partial charge is 0.573 e. The number of hydrogen-bond donors (Lipinski definition) is 2. The SMILES string of the molecule is Cc1ccc(F)cc1NC(=S)Nc1ccc(OC(F)(F)F)cc1. The highest BCUT2D eigenvalue weighted by molar-refractivity contribution is 7.80. The van der Waals surface area contributed by atoms with Crippen molar-refractivity contribution >= 4 is 28.7 Å². The summed E-state index contributed by atoms with van der Waals surface area (Å²) in [6.45, 7) is 1.79. The van der Waals surface area contributed by atoms with Crippen molar-refractivity contribution in [2.45, 2.75) is 13.3 Å². The van der Waals surface area contributed by atoms with E-state index < -0.39 is 12.2 Å². The predicted octanol–water partition coefficient (Wildman–Crippen LogP) is 4.84. The van der Waals surface area contributed by atoms with Crippen LogP contribution < -0.4 is 15.4 Å². The fourth-order valence-corrected chi connectivity index (χ4v) is 1.98. The fraction of sp³-hybridized carbons (Fsp3) is 0.133. The molecule has 2 rings (SSSR count). The summed E-state index contributed by atoms with van der Waals surface area (Å²) in [5.74, 6) is -0.738. The molecule has 0 heterocycles. The number of rotatable bonds is 3. The number of anilines is 2. The molecule has 2 aromatic rings. The van der Waals surface area contributed by atoms with Gasteiger partial charge in [-0.1, -0.05) is 6.07 Å². The smallest absolute Gasteiger partial charge is 0.406 e. The molecule has 23 heavy (non-hydrogen) atoms. The Morgan fingerprint density at radius 2 is 1.70 bits per heavy atom. The van der Waals surface area contributed by atoms with Gasteiger partial charge in [-0.3, -0.25) is 0 Å². The summed E-state index contributed by atoms with van der Waals surface area (Å²) < 4.78 is 53.2. The lowest BCUT2D eigenvalue weighted by Gasteiger charge is -2.13. The number of nitrogens with one attached hydrogen (secondary N) is 2. The molecule has 0 fully saturated rings. The summed E-state index contributed by atoms with van der Waals surface area (Å²) in [5, 5.41) is 5.79. The highest BCUT2D eigenvalue weighted by atomic mass is 32.1. The van der Waals surface area contributed by atoms with Gasteiger partial charge in [-0.25, -0.2) is 4.39 Å². The topological polar surface area (TPSA) is 33.3 Å². The van der Waals surface area contributed by atoms with E-state index in [4.69, 9.17) is 12.2 Å². The molecular formula is C15H12F4N2OS.